The molecule has 2 rings (SSSR count). The molecule has 0 amide bonds. The van der Waals surface area contributed by atoms with Crippen LogP contribution in [0.15, 0.2) is 28.8 Å². The summed E-state index contributed by atoms with van der Waals surface area (Å²) in [5, 5.41) is 6.57. The predicted molar refractivity (Wildman–Crippen MR) is 64.4 cm³/mol. The van der Waals surface area contributed by atoms with Gasteiger partial charge in [-0.05, 0) is 25.1 Å². The molecule has 4 nitrogen and oxygen atoms in total. The van der Waals surface area contributed by atoms with E-state index in [-0.39, 0.29) is 12.2 Å². The smallest absolute Gasteiger partial charge is 0.398 e. The monoisotopic (exact) mass is 271 g/mol. The molecule has 102 valence electrons. The van der Waals surface area contributed by atoms with Crippen molar-refractivity contribution in [3.63, 3.8) is 0 Å². The van der Waals surface area contributed by atoms with E-state index in [0.717, 1.165) is 6.07 Å². The van der Waals surface area contributed by atoms with Crippen molar-refractivity contribution in [2.24, 2.45) is 0 Å². The Morgan fingerprint density at radius 1 is 1.32 bits per heavy atom. The molecule has 3 N–H and O–H groups in total. The molecule has 0 bridgehead atoms. The second kappa shape index (κ2) is 4.83. The Kier molecular flexibility index (Phi) is 3.37. The van der Waals surface area contributed by atoms with Crippen LogP contribution in [-0.4, -0.2) is 5.16 Å². The highest BCUT2D eigenvalue weighted by molar-refractivity contribution is 5.58. The molecule has 0 aliphatic carbocycles. The first-order valence-corrected chi connectivity index (χ1v) is 5.49. The molecule has 1 heterocycles. The lowest BCUT2D eigenvalue weighted by Gasteiger charge is -2.12. The molecule has 1 aromatic heterocycles. The number of nitrogen functional groups attached to an aromatic ring is 1. The lowest BCUT2D eigenvalue weighted by molar-refractivity contribution is -0.136. The van der Waals surface area contributed by atoms with Gasteiger partial charge in [-0.15, -0.1) is 0 Å². The molecule has 0 aliphatic rings. The highest BCUT2D eigenvalue weighted by Gasteiger charge is 2.33. The number of rotatable bonds is 3. The van der Waals surface area contributed by atoms with Gasteiger partial charge in [0.15, 0.2) is 0 Å². The number of hydrogen-bond acceptors (Lipinski definition) is 4. The van der Waals surface area contributed by atoms with Gasteiger partial charge in [0.25, 0.3) is 0 Å². The minimum absolute atomic E-state index is 0.276. The molecular formula is C12H12F3N3O. The number of alkyl halides is 3. The Bertz CT molecular complexity index is 578. The minimum atomic E-state index is -4.47. The maximum Gasteiger partial charge on any atom is 0.418 e. The summed E-state index contributed by atoms with van der Waals surface area (Å²) in [5.41, 5.74) is 5.10. The van der Waals surface area contributed by atoms with Crippen molar-refractivity contribution in [3.05, 3.63) is 41.3 Å². The molecule has 0 aliphatic heterocycles. The van der Waals surface area contributed by atoms with E-state index in [0.29, 0.717) is 17.1 Å². The molecule has 0 atom stereocenters. The van der Waals surface area contributed by atoms with Gasteiger partial charge in [0, 0.05) is 17.4 Å². The topological polar surface area (TPSA) is 64.1 Å². The number of nitrogens with one attached hydrogen (secondary N) is 1. The first kappa shape index (κ1) is 13.3. The van der Waals surface area contributed by atoms with Crippen molar-refractivity contribution in [3.8, 4) is 0 Å². The second-order valence-corrected chi connectivity index (χ2v) is 4.08. The quantitative estimate of drug-likeness (QED) is 0.841. The van der Waals surface area contributed by atoms with E-state index >= 15 is 0 Å². The van der Waals surface area contributed by atoms with Gasteiger partial charge in [0.1, 0.15) is 11.5 Å². The van der Waals surface area contributed by atoms with Gasteiger partial charge in [0.2, 0.25) is 0 Å². The highest BCUT2D eigenvalue weighted by Crippen LogP contribution is 2.35. The van der Waals surface area contributed by atoms with Gasteiger partial charge in [-0.1, -0.05) is 5.16 Å². The summed E-state index contributed by atoms with van der Waals surface area (Å²) >= 11 is 0. The molecule has 0 saturated heterocycles. The van der Waals surface area contributed by atoms with E-state index in [1.165, 1.54) is 12.1 Å². The van der Waals surface area contributed by atoms with Crippen LogP contribution in [-0.2, 0) is 12.7 Å². The van der Waals surface area contributed by atoms with E-state index in [2.05, 4.69) is 10.5 Å². The molecule has 1 aromatic carbocycles. The molecule has 0 fully saturated rings. The third-order valence-corrected chi connectivity index (χ3v) is 2.51. The predicted octanol–water partition coefficient (Wildman–Crippen LogP) is 3.20. The first-order valence-electron chi connectivity index (χ1n) is 5.49. The number of nitrogens with zero attached hydrogens (tertiary/aromatic N) is 1. The second-order valence-electron chi connectivity index (χ2n) is 4.08. The summed E-state index contributed by atoms with van der Waals surface area (Å²) in [6.45, 7) is 2.01. The van der Waals surface area contributed by atoms with Crippen molar-refractivity contribution in [2.45, 2.75) is 19.6 Å². The number of halogens is 3. The lowest BCUT2D eigenvalue weighted by atomic mass is 10.1. The number of nitrogens with two attached hydrogens (primary N) is 1. The maximum absolute atomic E-state index is 12.7. The SMILES string of the molecule is Cc1cc(CNc2ccc(N)c(C(F)(F)F)c2)no1. The molecule has 0 spiro atoms. The molecular weight excluding hydrogens is 259 g/mol. The minimum Gasteiger partial charge on any atom is -0.398 e. The van der Waals surface area contributed by atoms with Crippen molar-refractivity contribution in [1.29, 1.82) is 0 Å². The molecule has 0 saturated carbocycles. The molecule has 19 heavy (non-hydrogen) atoms. The summed E-state index contributed by atoms with van der Waals surface area (Å²) in [5.74, 6) is 0.644. The maximum atomic E-state index is 12.7. The number of aromatic nitrogens is 1. The van der Waals surface area contributed by atoms with E-state index in [4.69, 9.17) is 10.3 Å². The van der Waals surface area contributed by atoms with Crippen LogP contribution in [0.2, 0.25) is 0 Å². The van der Waals surface area contributed by atoms with E-state index in [9.17, 15) is 13.2 Å². The molecule has 7 heteroatoms. The number of benzene rings is 1. The molecule has 0 unspecified atom stereocenters. The standard InChI is InChI=1S/C12H12F3N3O/c1-7-4-9(18-19-7)6-17-8-2-3-11(16)10(5-8)12(13,14)15/h2-5,17H,6,16H2,1H3. The van der Waals surface area contributed by atoms with Crippen LogP contribution < -0.4 is 11.1 Å². The van der Waals surface area contributed by atoms with Crippen molar-refractivity contribution < 1.29 is 17.7 Å². The summed E-state index contributed by atoms with van der Waals surface area (Å²) in [7, 11) is 0. The normalized spacial score (nSPS) is 11.6. The Morgan fingerprint density at radius 3 is 2.63 bits per heavy atom. The Balaban J connectivity index is 2.13. The summed E-state index contributed by atoms with van der Waals surface area (Å²) in [6, 6.07) is 5.38. The van der Waals surface area contributed by atoms with Crippen LogP contribution >= 0.6 is 0 Å². The zero-order valence-electron chi connectivity index (χ0n) is 10.1. The van der Waals surface area contributed by atoms with Gasteiger partial charge in [-0.25, -0.2) is 0 Å². The average molecular weight is 271 g/mol. The van der Waals surface area contributed by atoms with Gasteiger partial charge in [-0.2, -0.15) is 13.2 Å². The van der Waals surface area contributed by atoms with Crippen molar-refractivity contribution in [2.75, 3.05) is 11.1 Å². The Labute approximate surface area is 107 Å². The third kappa shape index (κ3) is 3.18. The number of aryl methyl sites for hydroxylation is 1. The van der Waals surface area contributed by atoms with Crippen LogP contribution in [0.1, 0.15) is 17.0 Å². The fourth-order valence-electron chi connectivity index (χ4n) is 1.61. The van der Waals surface area contributed by atoms with Crippen LogP contribution in [0.3, 0.4) is 0 Å². The summed E-state index contributed by atoms with van der Waals surface area (Å²) < 4.78 is 42.8. The van der Waals surface area contributed by atoms with E-state index in [1.54, 1.807) is 13.0 Å². The largest absolute Gasteiger partial charge is 0.418 e. The molecule has 0 radical (unpaired) electrons. The lowest BCUT2D eigenvalue weighted by Crippen LogP contribution is -2.10. The van der Waals surface area contributed by atoms with Crippen LogP contribution in [0.25, 0.3) is 0 Å². The Hall–Kier alpha value is -2.18. The Morgan fingerprint density at radius 2 is 2.05 bits per heavy atom. The fourth-order valence-corrected chi connectivity index (χ4v) is 1.61. The average Bonchev–Trinajstić information content (AvgIpc) is 2.72. The van der Waals surface area contributed by atoms with E-state index in [1.807, 2.05) is 0 Å². The van der Waals surface area contributed by atoms with Crippen molar-refractivity contribution in [1.82, 2.24) is 5.16 Å². The zero-order valence-corrected chi connectivity index (χ0v) is 10.1. The number of hydrogen-bond donors (Lipinski definition) is 2. The third-order valence-electron chi connectivity index (χ3n) is 2.51. The summed E-state index contributed by atoms with van der Waals surface area (Å²) in [6.07, 6.45) is -4.47. The molecule has 2 aromatic rings. The number of anilines is 2. The van der Waals surface area contributed by atoms with Crippen LogP contribution in [0.4, 0.5) is 24.5 Å². The highest BCUT2D eigenvalue weighted by atomic mass is 19.4. The summed E-state index contributed by atoms with van der Waals surface area (Å²) in [4.78, 5) is 0. The van der Waals surface area contributed by atoms with Gasteiger partial charge < -0.3 is 15.6 Å². The van der Waals surface area contributed by atoms with Gasteiger partial charge in [0.05, 0.1) is 12.1 Å². The van der Waals surface area contributed by atoms with Crippen molar-refractivity contribution >= 4 is 11.4 Å². The van der Waals surface area contributed by atoms with Crippen LogP contribution in [0.5, 0.6) is 0 Å². The van der Waals surface area contributed by atoms with Gasteiger partial charge >= 0.3 is 6.18 Å². The zero-order chi connectivity index (χ0) is 14.0. The van der Waals surface area contributed by atoms with E-state index < -0.39 is 11.7 Å². The van der Waals surface area contributed by atoms with Gasteiger partial charge in [-0.3, -0.25) is 0 Å². The fraction of sp³-hybridized carbons (Fsp3) is 0.250. The van der Waals surface area contributed by atoms with Crippen LogP contribution in [0, 0.1) is 6.92 Å². The first-order chi connectivity index (χ1) is 8.86.